The summed E-state index contributed by atoms with van der Waals surface area (Å²) in [4.78, 5) is -0.109. The molecule has 0 bridgehead atoms. The van der Waals surface area contributed by atoms with Gasteiger partial charge in [0.2, 0.25) is 10.0 Å². The molecule has 0 aliphatic heterocycles. The van der Waals surface area contributed by atoms with Crippen molar-refractivity contribution in [3.8, 4) is 0 Å². The number of anilines is 1. The van der Waals surface area contributed by atoms with Crippen LogP contribution in [0.3, 0.4) is 0 Å². The number of hydrogen-bond acceptors (Lipinski definition) is 3. The fraction of sp³-hybridized carbons (Fsp3) is 0.455. The lowest BCUT2D eigenvalue weighted by molar-refractivity contribution is 0.555. The molecule has 1 fully saturated rings. The quantitative estimate of drug-likeness (QED) is 0.843. The van der Waals surface area contributed by atoms with Crippen LogP contribution in [0.1, 0.15) is 20.3 Å². The third-order valence-corrected chi connectivity index (χ3v) is 5.49. The molecule has 0 spiro atoms. The van der Waals surface area contributed by atoms with E-state index in [4.69, 9.17) is 28.9 Å². The highest BCUT2D eigenvalue weighted by Crippen LogP contribution is 2.46. The maximum absolute atomic E-state index is 12.2. The van der Waals surface area contributed by atoms with Crippen LogP contribution < -0.4 is 10.5 Å². The summed E-state index contributed by atoms with van der Waals surface area (Å²) in [5, 5.41) is 0.0666. The first-order valence-corrected chi connectivity index (χ1v) is 7.64. The Bertz CT molecular complexity index is 576. The Balaban J connectivity index is 2.36. The van der Waals surface area contributed by atoms with Gasteiger partial charge in [0, 0.05) is 11.7 Å². The van der Waals surface area contributed by atoms with Crippen LogP contribution in [0.15, 0.2) is 17.0 Å². The lowest BCUT2D eigenvalue weighted by Gasteiger charge is -2.11. The number of hydrogen-bond donors (Lipinski definition) is 2. The molecule has 1 saturated carbocycles. The van der Waals surface area contributed by atoms with Crippen LogP contribution in [-0.2, 0) is 10.0 Å². The van der Waals surface area contributed by atoms with Gasteiger partial charge in [-0.25, -0.2) is 13.1 Å². The summed E-state index contributed by atoms with van der Waals surface area (Å²) >= 11 is 11.8. The van der Waals surface area contributed by atoms with Gasteiger partial charge in [-0.2, -0.15) is 0 Å². The third kappa shape index (κ3) is 2.59. The minimum Gasteiger partial charge on any atom is -0.399 e. The summed E-state index contributed by atoms with van der Waals surface area (Å²) in [6.45, 7) is 3.98. The molecule has 0 heterocycles. The highest BCUT2D eigenvalue weighted by atomic mass is 35.5. The van der Waals surface area contributed by atoms with E-state index in [0.29, 0.717) is 5.69 Å². The molecule has 1 aliphatic rings. The van der Waals surface area contributed by atoms with Crippen LogP contribution in [0.25, 0.3) is 0 Å². The second kappa shape index (κ2) is 4.27. The van der Waals surface area contributed by atoms with Crippen LogP contribution in [0.2, 0.25) is 10.0 Å². The van der Waals surface area contributed by atoms with E-state index in [-0.39, 0.29) is 26.4 Å². The van der Waals surface area contributed by atoms with E-state index in [0.717, 1.165) is 6.42 Å². The third-order valence-electron chi connectivity index (χ3n) is 3.10. The Morgan fingerprint density at radius 1 is 1.33 bits per heavy atom. The molecule has 0 amide bonds. The molecule has 7 heteroatoms. The Labute approximate surface area is 117 Å². The van der Waals surface area contributed by atoms with Gasteiger partial charge in [-0.15, -0.1) is 0 Å². The molecule has 18 heavy (non-hydrogen) atoms. The van der Waals surface area contributed by atoms with Crippen molar-refractivity contribution in [3.05, 3.63) is 22.2 Å². The second-order valence-corrected chi connectivity index (χ2v) is 7.65. The van der Waals surface area contributed by atoms with Crippen molar-refractivity contribution in [3.63, 3.8) is 0 Å². The van der Waals surface area contributed by atoms with Crippen molar-refractivity contribution >= 4 is 38.9 Å². The molecule has 0 aromatic heterocycles. The lowest BCUT2D eigenvalue weighted by atomic mass is 10.2. The fourth-order valence-electron chi connectivity index (χ4n) is 1.75. The van der Waals surface area contributed by atoms with Crippen LogP contribution in [0.5, 0.6) is 0 Å². The average Bonchev–Trinajstić information content (AvgIpc) is 2.68. The zero-order valence-corrected chi connectivity index (χ0v) is 12.3. The summed E-state index contributed by atoms with van der Waals surface area (Å²) in [5.41, 5.74) is 5.86. The maximum atomic E-state index is 12.2. The van der Waals surface area contributed by atoms with E-state index in [1.54, 1.807) is 0 Å². The minimum absolute atomic E-state index is 0.0141. The van der Waals surface area contributed by atoms with Crippen LogP contribution in [0, 0.1) is 5.41 Å². The fourth-order valence-corrected chi connectivity index (χ4v) is 4.39. The van der Waals surface area contributed by atoms with Crippen molar-refractivity contribution in [2.45, 2.75) is 31.2 Å². The van der Waals surface area contributed by atoms with Crippen molar-refractivity contribution < 1.29 is 8.42 Å². The molecule has 0 radical (unpaired) electrons. The highest BCUT2D eigenvalue weighted by Gasteiger charge is 2.48. The summed E-state index contributed by atoms with van der Waals surface area (Å²) in [6.07, 6.45) is 0.802. The number of nitrogen functional groups attached to an aromatic ring is 1. The van der Waals surface area contributed by atoms with Gasteiger partial charge in [0.05, 0.1) is 10.0 Å². The SMILES string of the molecule is CC1(C)CC1NS(=O)(=O)c1c(Cl)cc(N)cc1Cl. The van der Waals surface area contributed by atoms with Gasteiger partial charge in [0.1, 0.15) is 4.90 Å². The van der Waals surface area contributed by atoms with Gasteiger partial charge in [0.15, 0.2) is 0 Å². The average molecular weight is 309 g/mol. The maximum Gasteiger partial charge on any atom is 0.243 e. The Kier molecular flexibility index (Phi) is 3.30. The predicted molar refractivity (Wildman–Crippen MR) is 73.4 cm³/mol. The Morgan fingerprint density at radius 2 is 1.78 bits per heavy atom. The summed E-state index contributed by atoms with van der Waals surface area (Å²) in [5.74, 6) is 0. The summed E-state index contributed by atoms with van der Waals surface area (Å²) in [7, 11) is -3.72. The minimum atomic E-state index is -3.72. The largest absolute Gasteiger partial charge is 0.399 e. The number of nitrogens with two attached hydrogens (primary N) is 1. The first-order valence-electron chi connectivity index (χ1n) is 5.40. The van der Waals surface area contributed by atoms with Crippen molar-refractivity contribution in [1.82, 2.24) is 4.72 Å². The monoisotopic (exact) mass is 308 g/mol. The van der Waals surface area contributed by atoms with Crippen molar-refractivity contribution in [2.24, 2.45) is 5.41 Å². The van der Waals surface area contributed by atoms with E-state index >= 15 is 0 Å². The number of rotatable bonds is 3. The van der Waals surface area contributed by atoms with Crippen LogP contribution >= 0.6 is 23.2 Å². The first kappa shape index (κ1) is 13.9. The molecule has 0 saturated heterocycles. The predicted octanol–water partition coefficient (Wildman–Crippen LogP) is 2.65. The second-order valence-electron chi connectivity index (χ2n) is 5.18. The molecule has 1 aromatic carbocycles. The Morgan fingerprint density at radius 3 is 2.17 bits per heavy atom. The zero-order chi connectivity index (χ0) is 13.7. The number of nitrogens with one attached hydrogen (secondary N) is 1. The van der Waals surface area contributed by atoms with Gasteiger partial charge in [-0.05, 0) is 24.0 Å². The number of halogens is 2. The van der Waals surface area contributed by atoms with E-state index in [9.17, 15) is 8.42 Å². The van der Waals surface area contributed by atoms with Gasteiger partial charge >= 0.3 is 0 Å². The van der Waals surface area contributed by atoms with E-state index < -0.39 is 10.0 Å². The molecule has 2 rings (SSSR count). The van der Waals surface area contributed by atoms with Gasteiger partial charge in [0.25, 0.3) is 0 Å². The molecule has 4 nitrogen and oxygen atoms in total. The molecule has 1 aromatic rings. The topological polar surface area (TPSA) is 72.2 Å². The number of sulfonamides is 1. The van der Waals surface area contributed by atoms with Gasteiger partial charge in [-0.3, -0.25) is 0 Å². The molecule has 1 atom stereocenters. The van der Waals surface area contributed by atoms with Crippen LogP contribution in [0.4, 0.5) is 5.69 Å². The standard InChI is InChI=1S/C11H14Cl2N2O2S/c1-11(2)5-9(11)15-18(16,17)10-7(12)3-6(14)4-8(10)13/h3-4,9,15H,5,14H2,1-2H3. The molecule has 1 aliphatic carbocycles. The molecular formula is C11H14Cl2N2O2S. The smallest absolute Gasteiger partial charge is 0.243 e. The van der Waals surface area contributed by atoms with Gasteiger partial charge < -0.3 is 5.73 Å². The molecule has 100 valence electrons. The van der Waals surface area contributed by atoms with Crippen LogP contribution in [-0.4, -0.2) is 14.5 Å². The van der Waals surface area contributed by atoms with Crippen molar-refractivity contribution in [1.29, 1.82) is 0 Å². The van der Waals surface area contributed by atoms with Gasteiger partial charge in [-0.1, -0.05) is 37.0 Å². The molecule has 3 N–H and O–H groups in total. The van der Waals surface area contributed by atoms with E-state index in [1.165, 1.54) is 12.1 Å². The number of benzene rings is 1. The zero-order valence-electron chi connectivity index (χ0n) is 10.00. The lowest BCUT2D eigenvalue weighted by Crippen LogP contribution is -2.29. The summed E-state index contributed by atoms with van der Waals surface area (Å²) < 4.78 is 27.0. The van der Waals surface area contributed by atoms with E-state index in [1.807, 2.05) is 13.8 Å². The summed E-state index contributed by atoms with van der Waals surface area (Å²) in [6, 6.07) is 2.67. The van der Waals surface area contributed by atoms with E-state index in [2.05, 4.69) is 4.72 Å². The first-order chi connectivity index (χ1) is 8.13. The molecule has 1 unspecified atom stereocenters. The normalized spacial score (nSPS) is 21.9. The Hall–Kier alpha value is -0.490. The highest BCUT2D eigenvalue weighted by molar-refractivity contribution is 7.89. The van der Waals surface area contributed by atoms with Crippen molar-refractivity contribution in [2.75, 3.05) is 5.73 Å². The molecular weight excluding hydrogens is 295 g/mol.